The lowest BCUT2D eigenvalue weighted by Crippen LogP contribution is -2.48. The minimum Gasteiger partial charge on any atom is -0.312 e. The Balaban J connectivity index is 0.00000300. The molecule has 0 aliphatic carbocycles. The first-order valence-corrected chi connectivity index (χ1v) is 10.3. The molecule has 0 saturated carbocycles. The van der Waals surface area contributed by atoms with E-state index < -0.39 is 27.5 Å². The molecule has 0 spiro atoms. The second-order valence-corrected chi connectivity index (χ2v) is 8.81. The van der Waals surface area contributed by atoms with Gasteiger partial charge in [0.05, 0.1) is 0 Å². The fourth-order valence-corrected chi connectivity index (χ4v) is 4.28. The van der Waals surface area contributed by atoms with Crippen LogP contribution in [-0.4, -0.2) is 28.3 Å². The molecule has 1 aliphatic rings. The summed E-state index contributed by atoms with van der Waals surface area (Å²) in [5.74, 6) is -0.334. The van der Waals surface area contributed by atoms with Crippen molar-refractivity contribution in [2.24, 2.45) is 0 Å². The lowest BCUT2D eigenvalue weighted by atomic mass is 9.97. The summed E-state index contributed by atoms with van der Waals surface area (Å²) in [5.41, 5.74) is -1.94. The van der Waals surface area contributed by atoms with Crippen molar-refractivity contribution >= 4 is 22.3 Å². The monoisotopic (exact) mass is 451 g/mol. The molecule has 0 amide bonds. The lowest BCUT2D eigenvalue weighted by molar-refractivity contribution is -0.0420. The zero-order chi connectivity index (χ0) is 20.5. The Kier molecular flexibility index (Phi) is 7.32. The van der Waals surface area contributed by atoms with Crippen molar-refractivity contribution in [3.8, 4) is 11.1 Å². The van der Waals surface area contributed by atoms with Gasteiger partial charge in [0.25, 0.3) is 0 Å². The normalized spacial score (nSPS) is 21.4. The molecule has 3 atom stereocenters. The standard InChI is InChI=1S/C19H21F4N3OS.ClH/c1-12-7-15(11-16(20)8-12)14-4-2-3-13(9-14)10-18-17(5-6-25-18)26-28(24,27)19(21,22)23;/h2-4,7-9,11,17-18,25H,5-6,10H2,1H3,(H2,24,26,27);1H/t17-,18-,28?;/m0./s1. The van der Waals surface area contributed by atoms with E-state index in [-0.39, 0.29) is 18.2 Å². The van der Waals surface area contributed by atoms with Crippen LogP contribution < -0.4 is 10.0 Å². The molecule has 10 heteroatoms. The predicted molar refractivity (Wildman–Crippen MR) is 108 cm³/mol. The summed E-state index contributed by atoms with van der Waals surface area (Å²) in [4.78, 5) is 0. The van der Waals surface area contributed by atoms with Gasteiger partial charge in [0.15, 0.2) is 0 Å². The highest BCUT2D eigenvalue weighted by Gasteiger charge is 2.44. The van der Waals surface area contributed by atoms with Crippen molar-refractivity contribution in [3.05, 3.63) is 59.4 Å². The maximum absolute atomic E-state index is 13.7. The first-order chi connectivity index (χ1) is 13.0. The Labute approximate surface area is 173 Å². The average Bonchev–Trinajstić information content (AvgIpc) is 2.99. The molecule has 160 valence electrons. The van der Waals surface area contributed by atoms with E-state index in [9.17, 15) is 21.8 Å². The zero-order valence-electron chi connectivity index (χ0n) is 15.6. The predicted octanol–water partition coefficient (Wildman–Crippen LogP) is 4.57. The van der Waals surface area contributed by atoms with Gasteiger partial charge in [-0.2, -0.15) is 13.2 Å². The number of hydrogen-bond acceptors (Lipinski definition) is 3. The molecule has 1 unspecified atom stereocenters. The van der Waals surface area contributed by atoms with Crippen molar-refractivity contribution in [2.45, 2.75) is 37.4 Å². The Morgan fingerprint density at radius 2 is 1.93 bits per heavy atom. The molecule has 4 nitrogen and oxygen atoms in total. The smallest absolute Gasteiger partial charge is 0.312 e. The Morgan fingerprint density at radius 1 is 1.21 bits per heavy atom. The summed E-state index contributed by atoms with van der Waals surface area (Å²) in [6, 6.07) is 11.0. The lowest BCUT2D eigenvalue weighted by Gasteiger charge is -2.23. The molecule has 2 aromatic rings. The summed E-state index contributed by atoms with van der Waals surface area (Å²) < 4.78 is 72.7. The molecule has 1 saturated heterocycles. The number of hydrogen-bond donors (Lipinski definition) is 3. The molecule has 3 N–H and O–H groups in total. The molecule has 3 rings (SSSR count). The van der Waals surface area contributed by atoms with Crippen molar-refractivity contribution in [2.75, 3.05) is 6.54 Å². The van der Waals surface area contributed by atoms with Crippen LogP contribution in [0.15, 0.2) is 42.5 Å². The molecule has 29 heavy (non-hydrogen) atoms. The van der Waals surface area contributed by atoms with E-state index in [0.29, 0.717) is 19.4 Å². The van der Waals surface area contributed by atoms with Crippen LogP contribution >= 0.6 is 12.4 Å². The van der Waals surface area contributed by atoms with E-state index in [1.54, 1.807) is 6.92 Å². The molecule has 0 radical (unpaired) electrons. The van der Waals surface area contributed by atoms with Gasteiger partial charge in [-0.15, -0.1) is 12.4 Å². The summed E-state index contributed by atoms with van der Waals surface area (Å²) in [6.07, 6.45) is 0.743. The number of aryl methyl sites for hydroxylation is 1. The fraction of sp³-hybridized carbons (Fsp3) is 0.368. The zero-order valence-corrected chi connectivity index (χ0v) is 17.2. The van der Waals surface area contributed by atoms with Crippen LogP contribution in [0.5, 0.6) is 0 Å². The average molecular weight is 452 g/mol. The Morgan fingerprint density at radius 3 is 2.59 bits per heavy atom. The Hall–Kier alpha value is -1.68. The molecular formula is C19H22ClF4N3OS. The Bertz CT molecular complexity index is 946. The maximum atomic E-state index is 13.7. The van der Waals surface area contributed by atoms with Crippen LogP contribution in [0.1, 0.15) is 17.5 Å². The first-order valence-electron chi connectivity index (χ1n) is 8.77. The third kappa shape index (κ3) is 5.69. The van der Waals surface area contributed by atoms with Gasteiger partial charge in [0.2, 0.25) is 9.92 Å². The highest BCUT2D eigenvalue weighted by atomic mass is 35.5. The summed E-state index contributed by atoms with van der Waals surface area (Å²) in [5, 5.41) is 3.11. The quantitative estimate of drug-likeness (QED) is 0.583. The van der Waals surface area contributed by atoms with Crippen LogP contribution in [0.25, 0.3) is 11.1 Å². The highest BCUT2D eigenvalue weighted by molar-refractivity contribution is 7.91. The third-order valence-electron chi connectivity index (χ3n) is 4.75. The maximum Gasteiger partial charge on any atom is 0.492 e. The van der Waals surface area contributed by atoms with Gasteiger partial charge in [-0.25, -0.2) is 18.1 Å². The minimum atomic E-state index is -5.12. The summed E-state index contributed by atoms with van der Waals surface area (Å²) >= 11 is 0. The van der Waals surface area contributed by atoms with Crippen LogP contribution in [0.4, 0.5) is 17.6 Å². The largest absolute Gasteiger partial charge is 0.492 e. The molecule has 1 heterocycles. The van der Waals surface area contributed by atoms with Crippen molar-refractivity contribution in [1.29, 1.82) is 4.78 Å². The van der Waals surface area contributed by atoms with Crippen molar-refractivity contribution in [3.63, 3.8) is 0 Å². The molecule has 1 aliphatic heterocycles. The van der Waals surface area contributed by atoms with E-state index in [1.807, 2.05) is 35.1 Å². The SMILES string of the molecule is Cc1cc(F)cc(-c2cccc(C[C@@H]3NCC[C@@H]3NS(=N)(=O)C(F)(F)F)c2)c1.Cl. The summed E-state index contributed by atoms with van der Waals surface area (Å²) in [6.45, 7) is 2.27. The molecule has 0 bridgehead atoms. The topological polar surface area (TPSA) is 65.0 Å². The third-order valence-corrected chi connectivity index (χ3v) is 6.04. The number of rotatable bonds is 5. The van der Waals surface area contributed by atoms with Crippen molar-refractivity contribution < 1.29 is 21.8 Å². The minimum absolute atomic E-state index is 0. The van der Waals surface area contributed by atoms with E-state index in [0.717, 1.165) is 22.3 Å². The number of nitrogens with one attached hydrogen (secondary N) is 3. The van der Waals surface area contributed by atoms with Crippen molar-refractivity contribution in [1.82, 2.24) is 10.0 Å². The van der Waals surface area contributed by atoms with Gasteiger partial charge in [-0.1, -0.05) is 30.3 Å². The van der Waals surface area contributed by atoms with Crippen LogP contribution in [-0.2, 0) is 16.3 Å². The van der Waals surface area contributed by atoms with Gasteiger partial charge in [-0.05, 0) is 60.7 Å². The van der Waals surface area contributed by atoms with Gasteiger partial charge < -0.3 is 5.32 Å². The highest BCUT2D eigenvalue weighted by Crippen LogP contribution is 2.26. The molecular weight excluding hydrogens is 430 g/mol. The van der Waals surface area contributed by atoms with Gasteiger partial charge in [0.1, 0.15) is 5.82 Å². The van der Waals surface area contributed by atoms with Gasteiger partial charge in [-0.3, -0.25) is 0 Å². The van der Waals surface area contributed by atoms with Gasteiger partial charge in [0, 0.05) is 12.1 Å². The van der Waals surface area contributed by atoms with Crippen LogP contribution in [0.2, 0.25) is 0 Å². The van der Waals surface area contributed by atoms with Gasteiger partial charge >= 0.3 is 5.51 Å². The van der Waals surface area contributed by atoms with Crippen LogP contribution in [0.3, 0.4) is 0 Å². The molecule has 1 fully saturated rings. The van der Waals surface area contributed by atoms with E-state index in [4.69, 9.17) is 4.78 Å². The second kappa shape index (κ2) is 8.99. The number of alkyl halides is 3. The second-order valence-electron chi connectivity index (χ2n) is 7.00. The van der Waals surface area contributed by atoms with E-state index in [2.05, 4.69) is 5.32 Å². The van der Waals surface area contributed by atoms with E-state index >= 15 is 0 Å². The number of benzene rings is 2. The summed E-state index contributed by atoms with van der Waals surface area (Å²) in [7, 11) is -4.90. The van der Waals surface area contributed by atoms with E-state index in [1.165, 1.54) is 12.1 Å². The molecule has 0 aromatic heterocycles. The molecule has 2 aromatic carbocycles. The first kappa shape index (κ1) is 23.6. The number of halogens is 5. The fourth-order valence-electron chi connectivity index (χ4n) is 3.44. The van der Waals surface area contributed by atoms with Crippen LogP contribution in [0, 0.1) is 17.5 Å².